The highest BCUT2D eigenvalue weighted by molar-refractivity contribution is 5.96. The van der Waals surface area contributed by atoms with Crippen LogP contribution in [0.15, 0.2) is 54.6 Å². The Morgan fingerprint density at radius 1 is 1.00 bits per heavy atom. The Morgan fingerprint density at radius 3 is 2.28 bits per heavy atom. The van der Waals surface area contributed by atoms with Crippen molar-refractivity contribution in [1.82, 2.24) is 5.32 Å². The van der Waals surface area contributed by atoms with Crippen LogP contribution in [0, 0.1) is 5.92 Å². The molecule has 0 radical (unpaired) electrons. The van der Waals surface area contributed by atoms with Crippen LogP contribution in [0.2, 0.25) is 0 Å². The van der Waals surface area contributed by atoms with Crippen LogP contribution in [0.1, 0.15) is 30.9 Å². The third-order valence-electron chi connectivity index (χ3n) is 4.36. The van der Waals surface area contributed by atoms with E-state index in [0.29, 0.717) is 19.5 Å². The summed E-state index contributed by atoms with van der Waals surface area (Å²) in [6.45, 7) is 3.12. The molecule has 0 aliphatic heterocycles. The predicted octanol–water partition coefficient (Wildman–Crippen LogP) is 3.31. The zero-order valence-corrected chi connectivity index (χ0v) is 14.6. The highest BCUT2D eigenvalue weighted by Gasteiger charge is 2.34. The van der Waals surface area contributed by atoms with E-state index in [1.165, 1.54) is 0 Å². The van der Waals surface area contributed by atoms with Crippen molar-refractivity contribution in [2.75, 3.05) is 11.4 Å². The molecule has 2 amide bonds. The molecule has 130 valence electrons. The van der Waals surface area contributed by atoms with Crippen LogP contribution in [0.3, 0.4) is 0 Å². The summed E-state index contributed by atoms with van der Waals surface area (Å²) in [5.74, 6) is 0.379. The second kappa shape index (κ2) is 7.97. The highest BCUT2D eigenvalue weighted by atomic mass is 16.2. The smallest absolute Gasteiger partial charge is 0.230 e. The van der Waals surface area contributed by atoms with E-state index in [1.54, 1.807) is 0 Å². The zero-order valence-electron chi connectivity index (χ0n) is 14.6. The fourth-order valence-electron chi connectivity index (χ4n) is 2.85. The summed E-state index contributed by atoms with van der Waals surface area (Å²) < 4.78 is 0. The van der Waals surface area contributed by atoms with E-state index < -0.39 is 0 Å². The second-order valence-electron chi connectivity index (χ2n) is 6.48. The Hall–Kier alpha value is -2.62. The molecule has 0 aromatic heterocycles. The van der Waals surface area contributed by atoms with Crippen molar-refractivity contribution in [3.05, 3.63) is 65.7 Å². The molecule has 3 rings (SSSR count). The van der Waals surface area contributed by atoms with Crippen LogP contribution in [0.4, 0.5) is 5.69 Å². The number of nitrogens with one attached hydrogen (secondary N) is 1. The van der Waals surface area contributed by atoms with Crippen molar-refractivity contribution in [3.8, 4) is 0 Å². The summed E-state index contributed by atoms with van der Waals surface area (Å²) in [5.41, 5.74) is 2.96. The highest BCUT2D eigenvalue weighted by Crippen LogP contribution is 2.33. The Morgan fingerprint density at radius 2 is 1.68 bits per heavy atom. The second-order valence-corrected chi connectivity index (χ2v) is 6.48. The first-order valence-electron chi connectivity index (χ1n) is 8.88. The molecule has 1 fully saturated rings. The number of hydrogen-bond acceptors (Lipinski definition) is 2. The first kappa shape index (κ1) is 17.2. The topological polar surface area (TPSA) is 49.4 Å². The van der Waals surface area contributed by atoms with Crippen molar-refractivity contribution in [1.29, 1.82) is 0 Å². The molecule has 25 heavy (non-hydrogen) atoms. The van der Waals surface area contributed by atoms with E-state index in [4.69, 9.17) is 0 Å². The van der Waals surface area contributed by atoms with Crippen LogP contribution in [0.5, 0.6) is 0 Å². The molecular weight excluding hydrogens is 312 g/mol. The van der Waals surface area contributed by atoms with Gasteiger partial charge in [-0.2, -0.15) is 0 Å². The molecular formula is C21H24N2O2. The van der Waals surface area contributed by atoms with E-state index in [-0.39, 0.29) is 17.7 Å². The van der Waals surface area contributed by atoms with Gasteiger partial charge in [0.25, 0.3) is 0 Å². The van der Waals surface area contributed by atoms with Gasteiger partial charge in [0.05, 0.1) is 13.0 Å². The number of benzene rings is 2. The average molecular weight is 336 g/mol. The van der Waals surface area contributed by atoms with Gasteiger partial charge in [-0.05, 0) is 43.0 Å². The summed E-state index contributed by atoms with van der Waals surface area (Å²) >= 11 is 0. The molecule has 0 atom stereocenters. The fourth-order valence-corrected chi connectivity index (χ4v) is 2.85. The standard InChI is InChI=1S/C21H24N2O2/c1-2-22-20(24)14-16-8-12-19(13-9-16)23(21(25)18-10-11-18)15-17-6-4-3-5-7-17/h3-9,12-13,18H,2,10-11,14-15H2,1H3,(H,22,24). The van der Waals surface area contributed by atoms with Gasteiger partial charge in [-0.25, -0.2) is 0 Å². The van der Waals surface area contributed by atoms with Crippen LogP contribution in [0.25, 0.3) is 0 Å². The van der Waals surface area contributed by atoms with Gasteiger partial charge in [0.1, 0.15) is 0 Å². The minimum Gasteiger partial charge on any atom is -0.356 e. The van der Waals surface area contributed by atoms with E-state index in [0.717, 1.165) is 29.7 Å². The van der Waals surface area contributed by atoms with E-state index >= 15 is 0 Å². The van der Waals surface area contributed by atoms with Crippen LogP contribution in [-0.4, -0.2) is 18.4 Å². The first-order chi connectivity index (χ1) is 12.2. The SMILES string of the molecule is CCNC(=O)Cc1ccc(N(Cc2ccccc2)C(=O)C2CC2)cc1. The maximum absolute atomic E-state index is 12.7. The average Bonchev–Trinajstić information content (AvgIpc) is 3.46. The minimum absolute atomic E-state index is 0.0189. The number of likely N-dealkylation sites (N-methyl/N-ethyl adjacent to an activating group) is 1. The number of carbonyl (C=O) groups excluding carboxylic acids is 2. The van der Waals surface area contributed by atoms with Crippen molar-refractivity contribution in [2.24, 2.45) is 5.92 Å². The van der Waals surface area contributed by atoms with Crippen LogP contribution < -0.4 is 10.2 Å². The summed E-state index contributed by atoms with van der Waals surface area (Å²) in [4.78, 5) is 26.3. The molecule has 4 heteroatoms. The molecule has 1 saturated carbocycles. The molecule has 1 aliphatic rings. The number of hydrogen-bond donors (Lipinski definition) is 1. The van der Waals surface area contributed by atoms with Gasteiger partial charge in [-0.15, -0.1) is 0 Å². The Labute approximate surface area is 148 Å². The number of amides is 2. The van der Waals surface area contributed by atoms with Gasteiger partial charge in [0, 0.05) is 18.2 Å². The molecule has 2 aromatic rings. The summed E-state index contributed by atoms with van der Waals surface area (Å²) in [5, 5.41) is 2.80. The molecule has 0 unspecified atom stereocenters. The van der Waals surface area contributed by atoms with Gasteiger partial charge >= 0.3 is 0 Å². The molecule has 0 heterocycles. The van der Waals surface area contributed by atoms with Crippen LogP contribution in [-0.2, 0) is 22.6 Å². The predicted molar refractivity (Wildman–Crippen MR) is 99.2 cm³/mol. The van der Waals surface area contributed by atoms with Crippen molar-refractivity contribution < 1.29 is 9.59 Å². The van der Waals surface area contributed by atoms with E-state index in [1.807, 2.05) is 66.4 Å². The molecule has 1 N–H and O–H groups in total. The van der Waals surface area contributed by atoms with Crippen LogP contribution >= 0.6 is 0 Å². The third-order valence-corrected chi connectivity index (χ3v) is 4.36. The van der Waals surface area contributed by atoms with E-state index in [9.17, 15) is 9.59 Å². The van der Waals surface area contributed by atoms with Crippen molar-refractivity contribution >= 4 is 17.5 Å². The lowest BCUT2D eigenvalue weighted by atomic mass is 10.1. The number of anilines is 1. The number of carbonyl (C=O) groups is 2. The normalized spacial score (nSPS) is 13.3. The fraction of sp³-hybridized carbons (Fsp3) is 0.333. The lowest BCUT2D eigenvalue weighted by Gasteiger charge is -2.23. The van der Waals surface area contributed by atoms with E-state index in [2.05, 4.69) is 5.32 Å². The third kappa shape index (κ3) is 4.69. The largest absolute Gasteiger partial charge is 0.356 e. The summed E-state index contributed by atoms with van der Waals surface area (Å²) in [6.07, 6.45) is 2.34. The molecule has 2 aromatic carbocycles. The Bertz CT molecular complexity index is 721. The molecule has 1 aliphatic carbocycles. The zero-order chi connectivity index (χ0) is 17.6. The number of rotatable bonds is 7. The van der Waals surface area contributed by atoms with Crippen molar-refractivity contribution in [3.63, 3.8) is 0 Å². The first-order valence-corrected chi connectivity index (χ1v) is 8.88. The molecule has 0 saturated heterocycles. The lowest BCUT2D eigenvalue weighted by molar-refractivity contribution is -0.121. The summed E-state index contributed by atoms with van der Waals surface area (Å²) in [6, 6.07) is 17.8. The molecule has 4 nitrogen and oxygen atoms in total. The van der Waals surface area contributed by atoms with Gasteiger partial charge in [0.2, 0.25) is 11.8 Å². The number of nitrogens with zero attached hydrogens (tertiary/aromatic N) is 1. The van der Waals surface area contributed by atoms with Gasteiger partial charge in [0.15, 0.2) is 0 Å². The van der Waals surface area contributed by atoms with Crippen molar-refractivity contribution in [2.45, 2.75) is 32.7 Å². The lowest BCUT2D eigenvalue weighted by Crippen LogP contribution is -2.31. The van der Waals surface area contributed by atoms with Gasteiger partial charge in [-0.3, -0.25) is 9.59 Å². The molecule has 0 bridgehead atoms. The monoisotopic (exact) mass is 336 g/mol. The molecule has 0 spiro atoms. The summed E-state index contributed by atoms with van der Waals surface area (Å²) in [7, 11) is 0. The maximum Gasteiger partial charge on any atom is 0.230 e. The Balaban J connectivity index is 1.76. The maximum atomic E-state index is 12.7. The van der Waals surface area contributed by atoms with Gasteiger partial charge < -0.3 is 10.2 Å². The Kier molecular flexibility index (Phi) is 5.49. The quantitative estimate of drug-likeness (QED) is 0.843. The minimum atomic E-state index is 0.0189. The van der Waals surface area contributed by atoms with Gasteiger partial charge in [-0.1, -0.05) is 42.5 Å².